The number of pyridine rings is 1. The Morgan fingerprint density at radius 1 is 1.30 bits per heavy atom. The number of hydrogen-bond donors (Lipinski definition) is 1. The first kappa shape index (κ1) is 14.9. The first-order valence-corrected chi connectivity index (χ1v) is 7.47. The molecule has 0 aliphatic rings. The summed E-state index contributed by atoms with van der Waals surface area (Å²) >= 11 is 8.51. The summed E-state index contributed by atoms with van der Waals surface area (Å²) in [5.41, 5.74) is 8.94. The number of rotatable bonds is 5. The Morgan fingerprint density at radius 2 is 2.00 bits per heavy atom. The Hall–Kier alpha value is -1.46. The van der Waals surface area contributed by atoms with Crippen molar-refractivity contribution in [3.63, 3.8) is 0 Å². The van der Waals surface area contributed by atoms with E-state index in [1.54, 1.807) is 0 Å². The van der Waals surface area contributed by atoms with Crippen LogP contribution in [0.4, 0.5) is 5.69 Å². The number of halogens is 1. The van der Waals surface area contributed by atoms with Crippen molar-refractivity contribution in [3.05, 3.63) is 58.3 Å². The topological polar surface area (TPSA) is 42.2 Å². The second kappa shape index (κ2) is 6.81. The van der Waals surface area contributed by atoms with Gasteiger partial charge in [0.2, 0.25) is 0 Å². The Kier molecular flexibility index (Phi) is 5.09. The average Bonchev–Trinajstić information content (AvgIpc) is 2.45. The summed E-state index contributed by atoms with van der Waals surface area (Å²) in [6, 6.07) is 10.1. The van der Waals surface area contributed by atoms with Gasteiger partial charge in [-0.1, -0.05) is 12.2 Å². The minimum absolute atomic E-state index is 0.405. The van der Waals surface area contributed by atoms with Crippen molar-refractivity contribution in [1.82, 2.24) is 4.98 Å². The maximum atomic E-state index is 5.66. The molecule has 2 N–H and O–H groups in total. The molecule has 0 spiro atoms. The molecule has 0 saturated carbocycles. The predicted molar refractivity (Wildman–Crippen MR) is 91.2 cm³/mol. The largest absolute Gasteiger partial charge is 0.389 e. The molecule has 1 aromatic carbocycles. The van der Waals surface area contributed by atoms with E-state index in [0.717, 1.165) is 28.7 Å². The van der Waals surface area contributed by atoms with Crippen LogP contribution in [0.1, 0.15) is 11.1 Å². The molecule has 0 aliphatic heterocycles. The van der Waals surface area contributed by atoms with Crippen LogP contribution in [0.3, 0.4) is 0 Å². The van der Waals surface area contributed by atoms with Crippen LogP contribution in [0.5, 0.6) is 0 Å². The van der Waals surface area contributed by atoms with Gasteiger partial charge in [-0.15, -0.1) is 0 Å². The second-order valence-corrected chi connectivity index (χ2v) is 5.85. The molecule has 0 atom stereocenters. The van der Waals surface area contributed by atoms with E-state index < -0.39 is 0 Å². The maximum Gasteiger partial charge on any atom is 0.105 e. The molecular formula is C15H16BrN3S. The van der Waals surface area contributed by atoms with Gasteiger partial charge in [0.15, 0.2) is 0 Å². The van der Waals surface area contributed by atoms with Crippen LogP contribution < -0.4 is 10.6 Å². The molecule has 0 radical (unpaired) electrons. The van der Waals surface area contributed by atoms with Gasteiger partial charge < -0.3 is 10.6 Å². The van der Waals surface area contributed by atoms with Crippen molar-refractivity contribution in [2.24, 2.45) is 5.73 Å². The van der Waals surface area contributed by atoms with Crippen molar-refractivity contribution in [2.75, 3.05) is 18.5 Å². The molecule has 2 aromatic rings. The Bertz CT molecular complexity index is 601. The quantitative estimate of drug-likeness (QED) is 0.842. The summed E-state index contributed by atoms with van der Waals surface area (Å²) in [4.78, 5) is 6.63. The summed E-state index contributed by atoms with van der Waals surface area (Å²) in [7, 11) is 2.07. The van der Waals surface area contributed by atoms with Crippen LogP contribution >= 0.6 is 28.1 Å². The summed E-state index contributed by atoms with van der Waals surface area (Å²) in [6.07, 6.45) is 4.62. The highest BCUT2D eigenvalue weighted by Gasteiger charge is 2.07. The van der Waals surface area contributed by atoms with Gasteiger partial charge in [0, 0.05) is 41.7 Å². The molecule has 2 rings (SSSR count). The van der Waals surface area contributed by atoms with Gasteiger partial charge in [0.25, 0.3) is 0 Å². The fourth-order valence-electron chi connectivity index (χ4n) is 1.92. The minimum Gasteiger partial charge on any atom is -0.389 e. The first-order chi connectivity index (χ1) is 9.58. The Balaban J connectivity index is 2.04. The zero-order chi connectivity index (χ0) is 14.5. The van der Waals surface area contributed by atoms with Crippen LogP contribution in [-0.2, 0) is 6.42 Å². The fraction of sp³-hybridized carbons (Fsp3) is 0.200. The highest BCUT2D eigenvalue weighted by atomic mass is 79.9. The number of hydrogen-bond acceptors (Lipinski definition) is 3. The third kappa shape index (κ3) is 3.77. The first-order valence-electron chi connectivity index (χ1n) is 6.27. The van der Waals surface area contributed by atoms with Crippen LogP contribution in [0.25, 0.3) is 0 Å². The van der Waals surface area contributed by atoms with Gasteiger partial charge in [-0.2, -0.15) is 0 Å². The van der Waals surface area contributed by atoms with Gasteiger partial charge in [-0.3, -0.25) is 4.98 Å². The van der Waals surface area contributed by atoms with E-state index in [1.807, 2.05) is 42.7 Å². The molecule has 5 heteroatoms. The molecule has 0 saturated heterocycles. The monoisotopic (exact) mass is 349 g/mol. The minimum atomic E-state index is 0.405. The highest BCUT2D eigenvalue weighted by Crippen LogP contribution is 2.23. The van der Waals surface area contributed by atoms with E-state index in [4.69, 9.17) is 18.0 Å². The van der Waals surface area contributed by atoms with E-state index >= 15 is 0 Å². The zero-order valence-electron chi connectivity index (χ0n) is 11.2. The molecule has 20 heavy (non-hydrogen) atoms. The molecule has 0 bridgehead atoms. The fourth-order valence-corrected chi connectivity index (χ4v) is 2.81. The molecule has 0 aliphatic carbocycles. The van der Waals surface area contributed by atoms with Gasteiger partial charge >= 0.3 is 0 Å². The van der Waals surface area contributed by atoms with E-state index in [0.29, 0.717) is 4.99 Å². The number of anilines is 1. The number of benzene rings is 1. The molecule has 1 heterocycles. The van der Waals surface area contributed by atoms with E-state index in [-0.39, 0.29) is 0 Å². The summed E-state index contributed by atoms with van der Waals surface area (Å²) < 4.78 is 0.929. The van der Waals surface area contributed by atoms with E-state index in [9.17, 15) is 0 Å². The van der Waals surface area contributed by atoms with Crippen molar-refractivity contribution < 1.29 is 0 Å². The highest BCUT2D eigenvalue weighted by molar-refractivity contribution is 9.10. The molecule has 0 fully saturated rings. The summed E-state index contributed by atoms with van der Waals surface area (Å²) in [5, 5.41) is 0. The molecule has 1 aromatic heterocycles. The zero-order valence-corrected chi connectivity index (χ0v) is 13.6. The van der Waals surface area contributed by atoms with E-state index in [1.165, 1.54) is 5.56 Å². The number of aromatic nitrogens is 1. The lowest BCUT2D eigenvalue weighted by Crippen LogP contribution is -2.20. The predicted octanol–water partition coefficient (Wildman–Crippen LogP) is 3.16. The van der Waals surface area contributed by atoms with Crippen LogP contribution in [0.15, 0.2) is 47.2 Å². The van der Waals surface area contributed by atoms with Crippen molar-refractivity contribution in [3.8, 4) is 0 Å². The maximum absolute atomic E-state index is 5.66. The van der Waals surface area contributed by atoms with Crippen molar-refractivity contribution in [2.45, 2.75) is 6.42 Å². The third-order valence-electron chi connectivity index (χ3n) is 3.14. The lowest BCUT2D eigenvalue weighted by atomic mass is 10.1. The SMILES string of the molecule is CN(CCc1ccncc1)c1ccc(C(N)=S)c(Br)c1. The standard InChI is InChI=1S/C15H16BrN3S/c1-19(9-6-11-4-7-18-8-5-11)12-2-3-13(15(17)20)14(16)10-12/h2-5,7-8,10H,6,9H2,1H3,(H2,17,20). The lowest BCUT2D eigenvalue weighted by Gasteiger charge is -2.20. The number of nitrogens with two attached hydrogens (primary N) is 1. The molecular weight excluding hydrogens is 334 g/mol. The number of likely N-dealkylation sites (N-methyl/N-ethyl adjacent to an activating group) is 1. The normalized spacial score (nSPS) is 10.3. The van der Waals surface area contributed by atoms with Gasteiger partial charge in [-0.05, 0) is 58.2 Å². The van der Waals surface area contributed by atoms with Gasteiger partial charge in [0.1, 0.15) is 4.99 Å². The van der Waals surface area contributed by atoms with Crippen LogP contribution in [-0.4, -0.2) is 23.6 Å². The van der Waals surface area contributed by atoms with Crippen molar-refractivity contribution in [1.29, 1.82) is 0 Å². The van der Waals surface area contributed by atoms with Crippen molar-refractivity contribution >= 4 is 38.8 Å². The van der Waals surface area contributed by atoms with E-state index in [2.05, 4.69) is 32.9 Å². The number of thiocarbonyl (C=S) groups is 1. The smallest absolute Gasteiger partial charge is 0.105 e. The Morgan fingerprint density at radius 3 is 2.60 bits per heavy atom. The third-order valence-corrected chi connectivity index (χ3v) is 4.02. The van der Waals surface area contributed by atoms with Gasteiger partial charge in [-0.25, -0.2) is 0 Å². The van der Waals surface area contributed by atoms with Gasteiger partial charge in [0.05, 0.1) is 0 Å². The lowest BCUT2D eigenvalue weighted by molar-refractivity contribution is 0.874. The molecule has 3 nitrogen and oxygen atoms in total. The summed E-state index contributed by atoms with van der Waals surface area (Å²) in [5.74, 6) is 0. The van der Waals surface area contributed by atoms with Crippen LogP contribution in [0.2, 0.25) is 0 Å². The number of nitrogens with zero attached hydrogens (tertiary/aromatic N) is 2. The molecule has 0 amide bonds. The second-order valence-electron chi connectivity index (χ2n) is 4.56. The average molecular weight is 350 g/mol. The molecule has 104 valence electrons. The Labute approximate surface area is 132 Å². The molecule has 0 unspecified atom stereocenters. The summed E-state index contributed by atoms with van der Waals surface area (Å²) in [6.45, 7) is 0.933. The van der Waals surface area contributed by atoms with Crippen LogP contribution in [0, 0.1) is 0 Å².